The van der Waals surface area contributed by atoms with Gasteiger partial charge in [0.15, 0.2) is 6.29 Å². The van der Waals surface area contributed by atoms with Gasteiger partial charge in [0.25, 0.3) is 0 Å². The van der Waals surface area contributed by atoms with Crippen LogP contribution in [0.4, 0.5) is 0 Å². The van der Waals surface area contributed by atoms with E-state index in [2.05, 4.69) is 0 Å². The van der Waals surface area contributed by atoms with Crippen molar-refractivity contribution >= 4 is 0 Å². The molecule has 129 valence electrons. The average Bonchev–Trinajstić information content (AvgIpc) is 2.52. The third-order valence-electron chi connectivity index (χ3n) is 3.77. The van der Waals surface area contributed by atoms with Crippen LogP contribution in [0.25, 0.3) is 0 Å². The third kappa shape index (κ3) is 3.41. The quantitative estimate of drug-likeness (QED) is 0.267. The Morgan fingerprint density at radius 1 is 0.773 bits per heavy atom. The van der Waals surface area contributed by atoms with E-state index in [0.29, 0.717) is 0 Å². The first-order valence-electron chi connectivity index (χ1n) is 6.82. The first-order chi connectivity index (χ1) is 10.4. The molecule has 22 heavy (non-hydrogen) atoms. The fourth-order valence-corrected chi connectivity index (χ4v) is 2.35. The van der Waals surface area contributed by atoms with Crippen LogP contribution in [-0.4, -0.2) is 104 Å². The molecule has 10 nitrogen and oxygen atoms in total. The summed E-state index contributed by atoms with van der Waals surface area (Å²) < 4.78 is 15.4. The van der Waals surface area contributed by atoms with Gasteiger partial charge in [-0.15, -0.1) is 0 Å². The highest BCUT2D eigenvalue weighted by Crippen LogP contribution is 2.27. The van der Waals surface area contributed by atoms with Crippen LogP contribution in [-0.2, 0) is 14.2 Å². The second-order valence-electron chi connectivity index (χ2n) is 5.27. The van der Waals surface area contributed by atoms with Crippen LogP contribution >= 0.6 is 0 Å². The Kier molecular flexibility index (Phi) is 6.07. The zero-order valence-corrected chi connectivity index (χ0v) is 11.5. The molecule has 0 unspecified atom stereocenters. The van der Waals surface area contributed by atoms with E-state index in [0.717, 1.165) is 6.61 Å². The maximum atomic E-state index is 9.90. The molecular formula is C12H21O10. The van der Waals surface area contributed by atoms with Crippen molar-refractivity contribution in [3.8, 4) is 0 Å². The summed E-state index contributed by atoms with van der Waals surface area (Å²) in [7, 11) is 0. The van der Waals surface area contributed by atoms with Crippen LogP contribution in [0, 0.1) is 6.61 Å². The second-order valence-corrected chi connectivity index (χ2v) is 5.27. The summed E-state index contributed by atoms with van der Waals surface area (Å²) in [5.41, 5.74) is 0. The minimum absolute atomic E-state index is 0.512. The van der Waals surface area contributed by atoms with Crippen LogP contribution in [0.2, 0.25) is 0 Å². The smallest absolute Gasteiger partial charge is 0.187 e. The van der Waals surface area contributed by atoms with Crippen LogP contribution in [0.15, 0.2) is 0 Å². The summed E-state index contributed by atoms with van der Waals surface area (Å²) in [6.45, 7) is -0.103. The lowest BCUT2D eigenvalue weighted by Gasteiger charge is -2.43. The predicted octanol–water partition coefficient (Wildman–Crippen LogP) is -4.55. The number of hydrogen-bond donors (Lipinski definition) is 7. The monoisotopic (exact) mass is 325 g/mol. The summed E-state index contributed by atoms with van der Waals surface area (Å²) >= 11 is 0. The van der Waals surface area contributed by atoms with Gasteiger partial charge in [0.1, 0.15) is 55.4 Å². The summed E-state index contributed by atoms with van der Waals surface area (Å²) in [5.74, 6) is 0. The summed E-state index contributed by atoms with van der Waals surface area (Å²) in [5, 5.41) is 66.7. The largest absolute Gasteiger partial charge is 0.394 e. The molecule has 2 heterocycles. The topological polar surface area (TPSA) is 169 Å². The molecule has 0 amide bonds. The van der Waals surface area contributed by atoms with Crippen molar-refractivity contribution < 1.29 is 50.0 Å². The van der Waals surface area contributed by atoms with Gasteiger partial charge in [-0.2, -0.15) is 0 Å². The average molecular weight is 325 g/mol. The molecule has 2 saturated heterocycles. The Balaban J connectivity index is 2.00. The lowest BCUT2D eigenvalue weighted by Crippen LogP contribution is -2.61. The van der Waals surface area contributed by atoms with E-state index in [9.17, 15) is 25.5 Å². The highest BCUT2D eigenvalue weighted by Gasteiger charge is 2.47. The minimum Gasteiger partial charge on any atom is -0.394 e. The van der Waals surface area contributed by atoms with Crippen molar-refractivity contribution in [3.63, 3.8) is 0 Å². The van der Waals surface area contributed by atoms with Crippen molar-refractivity contribution in [2.75, 3.05) is 13.2 Å². The van der Waals surface area contributed by atoms with Gasteiger partial charge in [-0.05, 0) is 0 Å². The third-order valence-corrected chi connectivity index (χ3v) is 3.77. The molecule has 0 spiro atoms. The molecule has 0 aromatic rings. The van der Waals surface area contributed by atoms with Crippen molar-refractivity contribution in [2.45, 2.75) is 55.1 Å². The van der Waals surface area contributed by atoms with E-state index in [-0.39, 0.29) is 0 Å². The molecule has 7 N–H and O–H groups in total. The Bertz CT molecular complexity index is 353. The molecule has 0 saturated carbocycles. The molecule has 1 radical (unpaired) electrons. The standard InChI is InChI=1S/C12H21O10/c13-1-4-7(15)9(17)6(3-20-4)22-12-11(19)10(18)8(16)5(2-14)21-12/h3-19H,1-2H2/t4-,5-,6-,7-,8-,9-,10+,11-,12-/m1/s1. The van der Waals surface area contributed by atoms with Crippen LogP contribution < -0.4 is 0 Å². The number of hydrogen-bond acceptors (Lipinski definition) is 10. The number of ether oxygens (including phenoxy) is 3. The van der Waals surface area contributed by atoms with Gasteiger partial charge in [-0.1, -0.05) is 0 Å². The highest BCUT2D eigenvalue weighted by atomic mass is 16.7. The summed E-state index contributed by atoms with van der Waals surface area (Å²) in [6, 6.07) is 0. The SMILES string of the molecule is OC[C@H]1O[C@H](O[C@@H]2[CH]O[C@H](CO)[C@@H](O)[C@@H]2O)[C@H](O)[C@@H](O)[C@@H]1O. The molecule has 2 aliphatic rings. The van der Waals surface area contributed by atoms with Crippen LogP contribution in [0.1, 0.15) is 0 Å². The molecular weight excluding hydrogens is 304 g/mol. The predicted molar refractivity (Wildman–Crippen MR) is 66.9 cm³/mol. The van der Waals surface area contributed by atoms with E-state index < -0.39 is 68.3 Å². The fourth-order valence-electron chi connectivity index (χ4n) is 2.35. The lowest BCUT2D eigenvalue weighted by atomic mass is 9.98. The molecule has 2 fully saturated rings. The van der Waals surface area contributed by atoms with E-state index in [1.807, 2.05) is 0 Å². The fraction of sp³-hybridized carbons (Fsp3) is 0.917. The maximum Gasteiger partial charge on any atom is 0.187 e. The minimum atomic E-state index is -1.63. The maximum absolute atomic E-state index is 9.90. The van der Waals surface area contributed by atoms with Crippen molar-refractivity contribution in [1.82, 2.24) is 0 Å². The molecule has 2 aliphatic heterocycles. The zero-order chi connectivity index (χ0) is 16.4. The molecule has 0 bridgehead atoms. The van der Waals surface area contributed by atoms with E-state index >= 15 is 0 Å². The van der Waals surface area contributed by atoms with Crippen molar-refractivity contribution in [2.24, 2.45) is 0 Å². The van der Waals surface area contributed by atoms with Gasteiger partial charge >= 0.3 is 0 Å². The Hall–Kier alpha value is -0.400. The molecule has 0 aromatic carbocycles. The van der Waals surface area contributed by atoms with Crippen LogP contribution in [0.3, 0.4) is 0 Å². The van der Waals surface area contributed by atoms with E-state index in [1.165, 1.54) is 0 Å². The van der Waals surface area contributed by atoms with Crippen molar-refractivity contribution in [3.05, 3.63) is 6.61 Å². The lowest BCUT2D eigenvalue weighted by molar-refractivity contribution is -0.325. The van der Waals surface area contributed by atoms with Crippen molar-refractivity contribution in [1.29, 1.82) is 0 Å². The normalized spacial score (nSPS) is 50.0. The molecule has 10 heteroatoms. The van der Waals surface area contributed by atoms with E-state index in [4.69, 9.17) is 24.4 Å². The van der Waals surface area contributed by atoms with Crippen LogP contribution in [0.5, 0.6) is 0 Å². The first kappa shape index (κ1) is 17.9. The van der Waals surface area contributed by atoms with Gasteiger partial charge in [-0.3, -0.25) is 0 Å². The molecule has 9 atom stereocenters. The summed E-state index contributed by atoms with van der Waals surface area (Å²) in [4.78, 5) is 0. The van der Waals surface area contributed by atoms with Gasteiger partial charge in [-0.25, -0.2) is 0 Å². The highest BCUT2D eigenvalue weighted by molar-refractivity contribution is 4.95. The zero-order valence-electron chi connectivity index (χ0n) is 11.5. The Labute approximate surface area is 126 Å². The second kappa shape index (κ2) is 7.45. The Morgan fingerprint density at radius 2 is 1.36 bits per heavy atom. The molecule has 2 rings (SSSR count). The number of aliphatic hydroxyl groups is 7. The van der Waals surface area contributed by atoms with Gasteiger partial charge in [0, 0.05) is 0 Å². The summed E-state index contributed by atoms with van der Waals surface area (Å²) in [6.07, 6.45) is -12.5. The molecule has 0 aliphatic carbocycles. The number of rotatable bonds is 4. The van der Waals surface area contributed by atoms with Gasteiger partial charge in [0.05, 0.1) is 13.2 Å². The number of aliphatic hydroxyl groups excluding tert-OH is 7. The van der Waals surface area contributed by atoms with E-state index in [1.54, 1.807) is 0 Å². The first-order valence-corrected chi connectivity index (χ1v) is 6.82. The van der Waals surface area contributed by atoms with Gasteiger partial charge < -0.3 is 50.0 Å². The van der Waals surface area contributed by atoms with Gasteiger partial charge in [0.2, 0.25) is 0 Å². The Morgan fingerprint density at radius 3 is 1.95 bits per heavy atom. The molecule has 0 aromatic heterocycles.